The van der Waals surface area contributed by atoms with Gasteiger partial charge in [-0.05, 0) is 54.1 Å². The summed E-state index contributed by atoms with van der Waals surface area (Å²) < 4.78 is 0. The van der Waals surface area contributed by atoms with Crippen molar-refractivity contribution in [3.05, 3.63) is 88.9 Å². The van der Waals surface area contributed by atoms with Crippen LogP contribution in [-0.4, -0.2) is 20.0 Å². The van der Waals surface area contributed by atoms with E-state index < -0.39 is 0 Å². The van der Waals surface area contributed by atoms with Gasteiger partial charge in [-0.25, -0.2) is 0 Å². The molecule has 136 valence electrons. The first-order chi connectivity index (χ1) is 13.0. The summed E-state index contributed by atoms with van der Waals surface area (Å²) >= 11 is 6.06. The van der Waals surface area contributed by atoms with Crippen molar-refractivity contribution in [2.24, 2.45) is 0 Å². The molecule has 1 N–H and O–H groups in total. The van der Waals surface area contributed by atoms with Crippen molar-refractivity contribution in [3.8, 4) is 0 Å². The molecule has 0 saturated carbocycles. The van der Waals surface area contributed by atoms with Crippen LogP contribution in [0.2, 0.25) is 5.02 Å². The van der Waals surface area contributed by atoms with Crippen molar-refractivity contribution in [2.45, 2.75) is 6.17 Å². The summed E-state index contributed by atoms with van der Waals surface area (Å²) in [5.41, 5.74) is 4.40. The van der Waals surface area contributed by atoms with Gasteiger partial charge in [0.2, 0.25) is 0 Å². The molecule has 1 aliphatic rings. The first-order valence-corrected chi connectivity index (χ1v) is 9.14. The number of para-hydroxylation sites is 1. The van der Waals surface area contributed by atoms with E-state index in [2.05, 4.69) is 5.32 Å². The fourth-order valence-electron chi connectivity index (χ4n) is 3.31. The van der Waals surface area contributed by atoms with Gasteiger partial charge in [0.25, 0.3) is 5.91 Å². The molecule has 1 aliphatic heterocycles. The van der Waals surface area contributed by atoms with Gasteiger partial charge < -0.3 is 10.2 Å². The van der Waals surface area contributed by atoms with E-state index in [1.165, 1.54) is 0 Å². The highest BCUT2D eigenvalue weighted by atomic mass is 35.5. The minimum Gasteiger partial charge on any atom is -0.378 e. The second kappa shape index (κ2) is 6.97. The molecule has 0 aliphatic carbocycles. The SMILES string of the molecule is CN(C)c1ccc(N2C(=O)c3ccccc3N[C@H]2c2ccc(Cl)cc2)cc1. The monoisotopic (exact) mass is 377 g/mol. The molecule has 0 aromatic heterocycles. The quantitative estimate of drug-likeness (QED) is 0.683. The number of carbonyl (C=O) groups excluding carboxylic acids is 1. The van der Waals surface area contributed by atoms with Gasteiger partial charge in [-0.1, -0.05) is 35.9 Å². The average Bonchev–Trinajstić information content (AvgIpc) is 2.69. The summed E-state index contributed by atoms with van der Waals surface area (Å²) in [5, 5.41) is 4.17. The third kappa shape index (κ3) is 3.24. The molecule has 1 heterocycles. The number of fused-ring (bicyclic) bond motifs is 1. The zero-order valence-electron chi connectivity index (χ0n) is 15.2. The van der Waals surface area contributed by atoms with Crippen LogP contribution in [0, 0.1) is 0 Å². The summed E-state index contributed by atoms with van der Waals surface area (Å²) in [6.45, 7) is 0. The number of nitrogens with zero attached hydrogens (tertiary/aromatic N) is 2. The summed E-state index contributed by atoms with van der Waals surface area (Å²) in [6, 6.07) is 23.2. The number of benzene rings is 3. The molecule has 5 heteroatoms. The van der Waals surface area contributed by atoms with Crippen LogP contribution in [-0.2, 0) is 0 Å². The molecule has 27 heavy (non-hydrogen) atoms. The van der Waals surface area contributed by atoms with Crippen LogP contribution in [0.25, 0.3) is 0 Å². The van der Waals surface area contributed by atoms with Crippen LogP contribution in [0.15, 0.2) is 72.8 Å². The second-order valence-corrected chi connectivity index (χ2v) is 7.17. The van der Waals surface area contributed by atoms with E-state index in [4.69, 9.17) is 11.6 Å². The van der Waals surface area contributed by atoms with Gasteiger partial charge in [0, 0.05) is 36.2 Å². The Morgan fingerprint density at radius 1 is 0.926 bits per heavy atom. The molecule has 1 amide bonds. The molecule has 1 atom stereocenters. The lowest BCUT2D eigenvalue weighted by Gasteiger charge is -2.38. The topological polar surface area (TPSA) is 35.6 Å². The molecular weight excluding hydrogens is 358 g/mol. The molecule has 4 nitrogen and oxygen atoms in total. The number of halogens is 1. The molecule has 0 unspecified atom stereocenters. The van der Waals surface area contributed by atoms with E-state index in [9.17, 15) is 4.79 Å². The van der Waals surface area contributed by atoms with Crippen molar-refractivity contribution in [1.82, 2.24) is 0 Å². The van der Waals surface area contributed by atoms with Crippen molar-refractivity contribution >= 4 is 34.6 Å². The van der Waals surface area contributed by atoms with Crippen molar-refractivity contribution < 1.29 is 4.79 Å². The Hall–Kier alpha value is -2.98. The Kier molecular flexibility index (Phi) is 4.50. The maximum Gasteiger partial charge on any atom is 0.262 e. The maximum absolute atomic E-state index is 13.3. The van der Waals surface area contributed by atoms with Crippen molar-refractivity contribution in [3.63, 3.8) is 0 Å². The first-order valence-electron chi connectivity index (χ1n) is 8.76. The zero-order chi connectivity index (χ0) is 19.0. The number of rotatable bonds is 3. The first kappa shape index (κ1) is 17.4. The van der Waals surface area contributed by atoms with Gasteiger partial charge in [0.15, 0.2) is 0 Å². The lowest BCUT2D eigenvalue weighted by molar-refractivity contribution is 0.0975. The third-order valence-corrected chi connectivity index (χ3v) is 5.01. The number of anilines is 3. The molecule has 3 aromatic rings. The van der Waals surface area contributed by atoms with E-state index in [-0.39, 0.29) is 12.1 Å². The minimum atomic E-state index is -0.310. The number of hydrogen-bond donors (Lipinski definition) is 1. The highest BCUT2D eigenvalue weighted by Crippen LogP contribution is 2.37. The van der Waals surface area contributed by atoms with E-state index in [0.29, 0.717) is 10.6 Å². The second-order valence-electron chi connectivity index (χ2n) is 6.73. The Balaban J connectivity index is 1.81. The molecule has 0 bridgehead atoms. The minimum absolute atomic E-state index is 0.0260. The van der Waals surface area contributed by atoms with E-state index in [0.717, 1.165) is 22.6 Å². The third-order valence-electron chi connectivity index (χ3n) is 4.76. The van der Waals surface area contributed by atoms with Crippen LogP contribution in [0.3, 0.4) is 0 Å². The van der Waals surface area contributed by atoms with E-state index in [1.807, 2.05) is 91.8 Å². The van der Waals surface area contributed by atoms with E-state index in [1.54, 1.807) is 4.90 Å². The van der Waals surface area contributed by atoms with Crippen molar-refractivity contribution in [1.29, 1.82) is 0 Å². The summed E-state index contributed by atoms with van der Waals surface area (Å²) in [7, 11) is 3.99. The molecule has 0 saturated heterocycles. The predicted molar refractivity (Wildman–Crippen MR) is 112 cm³/mol. The normalized spacial score (nSPS) is 15.9. The molecule has 0 spiro atoms. The Bertz CT molecular complexity index is 968. The van der Waals surface area contributed by atoms with Gasteiger partial charge in [0.05, 0.1) is 5.56 Å². The molecular formula is C22H20ClN3O. The van der Waals surface area contributed by atoms with Crippen molar-refractivity contribution in [2.75, 3.05) is 29.2 Å². The number of nitrogens with one attached hydrogen (secondary N) is 1. The highest BCUT2D eigenvalue weighted by molar-refractivity contribution is 6.30. The summed E-state index contributed by atoms with van der Waals surface area (Å²) in [6.07, 6.45) is -0.310. The average molecular weight is 378 g/mol. The smallest absolute Gasteiger partial charge is 0.262 e. The van der Waals surface area contributed by atoms with Crippen LogP contribution in [0.5, 0.6) is 0 Å². The molecule has 3 aromatic carbocycles. The van der Waals surface area contributed by atoms with E-state index >= 15 is 0 Å². The van der Waals surface area contributed by atoms with Gasteiger partial charge in [0.1, 0.15) is 6.17 Å². The van der Waals surface area contributed by atoms with Crippen LogP contribution < -0.4 is 15.1 Å². The standard InChI is InChI=1S/C22H20ClN3O/c1-25(2)17-11-13-18(14-12-17)26-21(15-7-9-16(23)10-8-15)24-20-6-4-3-5-19(20)22(26)27/h3-14,21,24H,1-2H3/t21-/m1/s1. The largest absolute Gasteiger partial charge is 0.378 e. The molecule has 4 rings (SSSR count). The van der Waals surface area contributed by atoms with Gasteiger partial charge in [-0.15, -0.1) is 0 Å². The maximum atomic E-state index is 13.3. The van der Waals surface area contributed by atoms with Gasteiger partial charge in [-0.2, -0.15) is 0 Å². The van der Waals surface area contributed by atoms with Crippen LogP contribution >= 0.6 is 11.6 Å². The Labute approximate surface area is 164 Å². The molecule has 0 radical (unpaired) electrons. The Morgan fingerprint density at radius 2 is 1.59 bits per heavy atom. The lowest BCUT2D eigenvalue weighted by atomic mass is 10.0. The Morgan fingerprint density at radius 3 is 2.26 bits per heavy atom. The van der Waals surface area contributed by atoms with Gasteiger partial charge in [-0.3, -0.25) is 9.69 Å². The summed E-state index contributed by atoms with van der Waals surface area (Å²) in [5.74, 6) is -0.0260. The zero-order valence-corrected chi connectivity index (χ0v) is 15.9. The van der Waals surface area contributed by atoms with Crippen LogP contribution in [0.1, 0.15) is 22.1 Å². The number of amides is 1. The fourth-order valence-corrected chi connectivity index (χ4v) is 3.44. The van der Waals surface area contributed by atoms with Crippen LogP contribution in [0.4, 0.5) is 17.1 Å². The lowest BCUT2D eigenvalue weighted by Crippen LogP contribution is -2.43. The predicted octanol–water partition coefficient (Wildman–Crippen LogP) is 5.18. The number of hydrogen-bond acceptors (Lipinski definition) is 3. The fraction of sp³-hybridized carbons (Fsp3) is 0.136. The summed E-state index contributed by atoms with van der Waals surface area (Å²) in [4.78, 5) is 17.2. The molecule has 0 fully saturated rings. The number of carbonyl (C=O) groups is 1. The highest BCUT2D eigenvalue weighted by Gasteiger charge is 2.33. The van der Waals surface area contributed by atoms with Gasteiger partial charge >= 0.3 is 0 Å².